The molecule has 1 unspecified atom stereocenters. The highest BCUT2D eigenvalue weighted by Gasteiger charge is 2.53. The summed E-state index contributed by atoms with van der Waals surface area (Å²) in [4.78, 5) is 0. The van der Waals surface area contributed by atoms with Crippen LogP contribution in [-0.4, -0.2) is 0 Å². The Morgan fingerprint density at radius 2 is 2.00 bits per heavy atom. The average Bonchev–Trinajstić information content (AvgIpc) is 2.04. The van der Waals surface area contributed by atoms with Gasteiger partial charge < -0.3 is 0 Å². The van der Waals surface area contributed by atoms with Crippen molar-refractivity contribution in [2.75, 3.05) is 0 Å². The first-order valence-electron chi connectivity index (χ1n) is 5.16. The summed E-state index contributed by atoms with van der Waals surface area (Å²) < 4.78 is 0. The minimum atomic E-state index is 0.707. The second kappa shape index (κ2) is 2.24. The van der Waals surface area contributed by atoms with Gasteiger partial charge in [-0.2, -0.15) is 0 Å². The van der Waals surface area contributed by atoms with E-state index in [1.54, 1.807) is 6.42 Å². The lowest BCUT2D eigenvalue weighted by Gasteiger charge is -2.60. The molecular weight excluding hydrogens is 132 g/mol. The molecule has 0 nitrogen and oxygen atoms in total. The maximum absolute atomic E-state index is 2.48. The van der Waals surface area contributed by atoms with Gasteiger partial charge in [0.15, 0.2) is 0 Å². The number of rotatable bonds is 1. The Morgan fingerprint density at radius 1 is 1.27 bits per heavy atom. The molecule has 0 aromatic carbocycles. The predicted molar refractivity (Wildman–Crippen MR) is 48.4 cm³/mol. The van der Waals surface area contributed by atoms with Gasteiger partial charge in [-0.15, -0.1) is 0 Å². The van der Waals surface area contributed by atoms with Crippen LogP contribution < -0.4 is 0 Å². The minimum Gasteiger partial charge on any atom is -0.0651 e. The molecule has 3 aliphatic rings. The highest BCUT2D eigenvalue weighted by atomic mass is 14.6. The Bertz CT molecular complexity index is 155. The van der Waals surface area contributed by atoms with Crippen LogP contribution >= 0.6 is 0 Å². The van der Waals surface area contributed by atoms with E-state index in [9.17, 15) is 0 Å². The monoisotopic (exact) mass is 152 g/mol. The normalized spacial score (nSPS) is 46.6. The van der Waals surface area contributed by atoms with Gasteiger partial charge in [0.05, 0.1) is 0 Å². The molecule has 3 fully saturated rings. The fraction of sp³-hybridized carbons (Fsp3) is 1.00. The molecule has 0 radical (unpaired) electrons. The molecule has 0 aromatic rings. The Morgan fingerprint density at radius 3 is 2.36 bits per heavy atom. The maximum atomic E-state index is 2.48. The van der Waals surface area contributed by atoms with Crippen LogP contribution in [0.5, 0.6) is 0 Å². The predicted octanol–water partition coefficient (Wildman–Crippen LogP) is 3.47. The van der Waals surface area contributed by atoms with Crippen LogP contribution in [0.3, 0.4) is 0 Å². The van der Waals surface area contributed by atoms with Crippen molar-refractivity contribution in [1.29, 1.82) is 0 Å². The van der Waals surface area contributed by atoms with Gasteiger partial charge >= 0.3 is 0 Å². The molecule has 2 bridgehead atoms. The fourth-order valence-electron chi connectivity index (χ4n) is 3.45. The summed E-state index contributed by atoms with van der Waals surface area (Å²) in [6.07, 6.45) is 6.00. The zero-order valence-corrected chi connectivity index (χ0v) is 8.06. The van der Waals surface area contributed by atoms with E-state index in [-0.39, 0.29) is 0 Å². The van der Waals surface area contributed by atoms with Gasteiger partial charge in [-0.1, -0.05) is 27.2 Å². The Labute approximate surface area is 70.4 Å². The lowest BCUT2D eigenvalue weighted by molar-refractivity contribution is -0.105. The van der Waals surface area contributed by atoms with Crippen LogP contribution in [0.4, 0.5) is 0 Å². The third-order valence-corrected chi connectivity index (χ3v) is 4.53. The largest absolute Gasteiger partial charge is 0.0651 e. The smallest absolute Gasteiger partial charge is 0.0295 e. The van der Waals surface area contributed by atoms with Gasteiger partial charge in [-0.05, 0) is 42.4 Å². The van der Waals surface area contributed by atoms with E-state index in [2.05, 4.69) is 20.8 Å². The zero-order chi connectivity index (χ0) is 8.06. The first-order valence-corrected chi connectivity index (χ1v) is 5.16. The molecule has 0 amide bonds. The molecule has 0 heterocycles. The summed E-state index contributed by atoms with van der Waals surface area (Å²) in [7, 11) is 0. The van der Waals surface area contributed by atoms with Crippen LogP contribution in [0.1, 0.15) is 46.5 Å². The summed E-state index contributed by atoms with van der Waals surface area (Å²) in [6, 6.07) is 0. The van der Waals surface area contributed by atoms with Crippen molar-refractivity contribution in [3.63, 3.8) is 0 Å². The van der Waals surface area contributed by atoms with Crippen molar-refractivity contribution in [3.8, 4) is 0 Å². The summed E-state index contributed by atoms with van der Waals surface area (Å²) in [5, 5.41) is 0. The molecule has 11 heavy (non-hydrogen) atoms. The molecule has 0 saturated heterocycles. The molecule has 0 aliphatic heterocycles. The van der Waals surface area contributed by atoms with E-state index in [0.717, 1.165) is 17.8 Å². The SMILES string of the molecule is CCC1CC[C@@H]2C[C@H]1C2(C)C. The van der Waals surface area contributed by atoms with Gasteiger partial charge in [0.2, 0.25) is 0 Å². The van der Waals surface area contributed by atoms with E-state index in [4.69, 9.17) is 0 Å². The lowest BCUT2D eigenvalue weighted by Crippen LogP contribution is -2.52. The lowest BCUT2D eigenvalue weighted by atomic mass is 9.45. The van der Waals surface area contributed by atoms with Crippen molar-refractivity contribution in [1.82, 2.24) is 0 Å². The summed E-state index contributed by atoms with van der Waals surface area (Å²) in [5.41, 5.74) is 0.707. The Kier molecular flexibility index (Phi) is 1.56. The molecule has 0 aromatic heterocycles. The van der Waals surface area contributed by atoms with Crippen LogP contribution in [0, 0.1) is 23.2 Å². The zero-order valence-electron chi connectivity index (χ0n) is 8.06. The van der Waals surface area contributed by atoms with E-state index < -0.39 is 0 Å². The Hall–Kier alpha value is 0. The third kappa shape index (κ3) is 0.878. The van der Waals surface area contributed by atoms with Gasteiger partial charge in [0.25, 0.3) is 0 Å². The molecular formula is C11H20. The second-order valence-electron chi connectivity index (χ2n) is 5.11. The first-order chi connectivity index (χ1) is 5.16. The Balaban J connectivity index is 2.10. The molecule has 0 heteroatoms. The topological polar surface area (TPSA) is 0 Å². The number of hydrogen-bond acceptors (Lipinski definition) is 0. The standard InChI is InChI=1S/C11H20/c1-4-8-5-6-9-7-10(8)11(9,2)3/h8-10H,4-7H2,1-3H3/t8?,9-,10-/m1/s1. The molecule has 3 saturated carbocycles. The number of hydrogen-bond donors (Lipinski definition) is 0. The molecule has 0 spiro atoms. The summed E-state index contributed by atoms with van der Waals surface area (Å²) >= 11 is 0. The minimum absolute atomic E-state index is 0.707. The van der Waals surface area contributed by atoms with Crippen LogP contribution in [-0.2, 0) is 0 Å². The van der Waals surface area contributed by atoms with Crippen molar-refractivity contribution in [2.24, 2.45) is 23.2 Å². The van der Waals surface area contributed by atoms with Crippen molar-refractivity contribution in [3.05, 3.63) is 0 Å². The van der Waals surface area contributed by atoms with Gasteiger partial charge in [-0.3, -0.25) is 0 Å². The summed E-state index contributed by atoms with van der Waals surface area (Å²) in [6.45, 7) is 7.32. The van der Waals surface area contributed by atoms with Crippen molar-refractivity contribution in [2.45, 2.75) is 46.5 Å². The highest BCUT2D eigenvalue weighted by molar-refractivity contribution is 5.02. The van der Waals surface area contributed by atoms with Crippen molar-refractivity contribution < 1.29 is 0 Å². The summed E-state index contributed by atoms with van der Waals surface area (Å²) in [5.74, 6) is 3.22. The third-order valence-electron chi connectivity index (χ3n) is 4.53. The number of fused-ring (bicyclic) bond motifs is 2. The van der Waals surface area contributed by atoms with Crippen LogP contribution in [0.25, 0.3) is 0 Å². The molecule has 3 aliphatic carbocycles. The average molecular weight is 152 g/mol. The van der Waals surface area contributed by atoms with E-state index in [0.29, 0.717) is 5.41 Å². The van der Waals surface area contributed by atoms with Gasteiger partial charge in [0.1, 0.15) is 0 Å². The van der Waals surface area contributed by atoms with E-state index in [1.807, 2.05) is 0 Å². The molecule has 3 atom stereocenters. The second-order valence-corrected chi connectivity index (χ2v) is 5.11. The quantitative estimate of drug-likeness (QED) is 0.539. The maximum Gasteiger partial charge on any atom is -0.0295 e. The molecule has 0 N–H and O–H groups in total. The van der Waals surface area contributed by atoms with Crippen molar-refractivity contribution >= 4 is 0 Å². The molecule has 64 valence electrons. The van der Waals surface area contributed by atoms with Gasteiger partial charge in [-0.25, -0.2) is 0 Å². The van der Waals surface area contributed by atoms with Crippen LogP contribution in [0.2, 0.25) is 0 Å². The van der Waals surface area contributed by atoms with E-state index >= 15 is 0 Å². The highest BCUT2D eigenvalue weighted by Crippen LogP contribution is 2.61. The fourth-order valence-corrected chi connectivity index (χ4v) is 3.45. The van der Waals surface area contributed by atoms with Crippen LogP contribution in [0.15, 0.2) is 0 Å². The van der Waals surface area contributed by atoms with Gasteiger partial charge in [0, 0.05) is 0 Å². The van der Waals surface area contributed by atoms with E-state index in [1.165, 1.54) is 19.3 Å². The first kappa shape index (κ1) is 7.64. The molecule has 3 rings (SSSR count).